The number of fused-ring (bicyclic) bond motifs is 1. The van der Waals surface area contributed by atoms with Crippen molar-refractivity contribution in [3.8, 4) is 28.6 Å². The van der Waals surface area contributed by atoms with Crippen LogP contribution in [0.15, 0.2) is 63.3 Å². The summed E-state index contributed by atoms with van der Waals surface area (Å²) in [4.78, 5) is 12.6. The highest BCUT2D eigenvalue weighted by Crippen LogP contribution is 2.34. The van der Waals surface area contributed by atoms with E-state index in [-0.39, 0.29) is 40.4 Å². The van der Waals surface area contributed by atoms with Crippen molar-refractivity contribution < 1.29 is 24.8 Å². The zero-order valence-corrected chi connectivity index (χ0v) is 17.8. The van der Waals surface area contributed by atoms with E-state index >= 15 is 0 Å². The van der Waals surface area contributed by atoms with E-state index in [1.807, 2.05) is 19.9 Å². The molecule has 6 nitrogen and oxygen atoms in total. The number of hydrogen-bond donors (Lipinski definition) is 4. The molecule has 3 rings (SSSR count). The molecular formula is C25H26O6. The molecule has 1 aromatic heterocycles. The van der Waals surface area contributed by atoms with Crippen LogP contribution in [0.25, 0.3) is 22.3 Å². The molecule has 0 aliphatic rings. The van der Waals surface area contributed by atoms with E-state index in [4.69, 9.17) is 4.42 Å². The third kappa shape index (κ3) is 4.81. The summed E-state index contributed by atoms with van der Waals surface area (Å²) in [6, 6.07) is 6.97. The molecule has 1 heterocycles. The van der Waals surface area contributed by atoms with Crippen molar-refractivity contribution >= 4 is 11.0 Å². The van der Waals surface area contributed by atoms with Crippen molar-refractivity contribution in [3.63, 3.8) is 0 Å². The fraction of sp³-hybridized carbons (Fsp3) is 0.240. The van der Waals surface area contributed by atoms with Crippen LogP contribution >= 0.6 is 0 Å². The van der Waals surface area contributed by atoms with E-state index in [0.29, 0.717) is 28.7 Å². The minimum atomic E-state index is -0.838. The van der Waals surface area contributed by atoms with Gasteiger partial charge in [-0.1, -0.05) is 23.8 Å². The normalized spacial score (nSPS) is 12.0. The smallest absolute Gasteiger partial charge is 0.197 e. The van der Waals surface area contributed by atoms with Crippen LogP contribution in [0.5, 0.6) is 17.2 Å². The number of phenols is 3. The van der Waals surface area contributed by atoms with Gasteiger partial charge in [0.15, 0.2) is 5.43 Å². The summed E-state index contributed by atoms with van der Waals surface area (Å²) in [6.45, 7) is 9.37. The monoisotopic (exact) mass is 422 g/mol. The Morgan fingerprint density at radius 3 is 2.39 bits per heavy atom. The first-order valence-electron chi connectivity index (χ1n) is 9.88. The van der Waals surface area contributed by atoms with E-state index < -0.39 is 11.5 Å². The second-order valence-electron chi connectivity index (χ2n) is 8.01. The number of hydrogen-bond acceptors (Lipinski definition) is 6. The summed E-state index contributed by atoms with van der Waals surface area (Å²) in [5, 5.41) is 40.8. The number of phenolic OH excluding ortho intramolecular Hbond substituents is 3. The Morgan fingerprint density at radius 2 is 1.74 bits per heavy atom. The van der Waals surface area contributed by atoms with E-state index in [1.54, 1.807) is 19.1 Å². The summed E-state index contributed by atoms with van der Waals surface area (Å²) in [7, 11) is 0. The Morgan fingerprint density at radius 1 is 1.06 bits per heavy atom. The average molecular weight is 422 g/mol. The largest absolute Gasteiger partial charge is 0.508 e. The lowest BCUT2D eigenvalue weighted by Gasteiger charge is -2.16. The average Bonchev–Trinajstić information content (AvgIpc) is 2.67. The molecule has 4 N–H and O–H groups in total. The highest BCUT2D eigenvalue weighted by molar-refractivity contribution is 5.86. The van der Waals surface area contributed by atoms with Crippen LogP contribution in [0, 0.1) is 0 Å². The molecule has 6 heteroatoms. The van der Waals surface area contributed by atoms with Gasteiger partial charge in [-0.2, -0.15) is 0 Å². The summed E-state index contributed by atoms with van der Waals surface area (Å²) in [5.74, 6) is -0.312. The van der Waals surface area contributed by atoms with Crippen LogP contribution in [0.2, 0.25) is 0 Å². The summed E-state index contributed by atoms with van der Waals surface area (Å²) in [5.41, 5.74) is 2.87. The van der Waals surface area contributed by atoms with Crippen LogP contribution in [0.1, 0.15) is 31.9 Å². The Labute approximate surface area is 180 Å². The van der Waals surface area contributed by atoms with Gasteiger partial charge in [0.1, 0.15) is 34.0 Å². The molecule has 162 valence electrons. The maximum absolute atomic E-state index is 12.6. The van der Waals surface area contributed by atoms with Crippen LogP contribution in [-0.4, -0.2) is 26.5 Å². The maximum Gasteiger partial charge on any atom is 0.197 e. The second-order valence-corrected chi connectivity index (χ2v) is 8.01. The van der Waals surface area contributed by atoms with E-state index in [1.165, 1.54) is 12.1 Å². The van der Waals surface area contributed by atoms with Crippen LogP contribution in [-0.2, 0) is 12.8 Å². The van der Waals surface area contributed by atoms with Gasteiger partial charge in [0.2, 0.25) is 0 Å². The second kappa shape index (κ2) is 8.70. The number of aliphatic hydroxyl groups is 1. The van der Waals surface area contributed by atoms with Gasteiger partial charge in [-0.15, -0.1) is 0 Å². The predicted octanol–water partition coefficient (Wildman–Crippen LogP) is 4.57. The van der Waals surface area contributed by atoms with E-state index in [2.05, 4.69) is 6.58 Å². The summed E-state index contributed by atoms with van der Waals surface area (Å²) >= 11 is 0. The molecule has 0 saturated carbocycles. The Balaban J connectivity index is 2.22. The fourth-order valence-electron chi connectivity index (χ4n) is 3.31. The van der Waals surface area contributed by atoms with Gasteiger partial charge in [0.25, 0.3) is 0 Å². The Kier molecular flexibility index (Phi) is 6.22. The third-order valence-electron chi connectivity index (χ3n) is 5.06. The molecule has 1 unspecified atom stereocenters. The molecule has 31 heavy (non-hydrogen) atoms. The minimum Gasteiger partial charge on any atom is -0.508 e. The topological polar surface area (TPSA) is 111 Å². The standard InChI is InChI=1S/C25H26O6/c1-13(2)5-6-15-7-16(8-17(25(15)30)9-19(27)14(3)4)22-12-21(29)24-20(28)10-18(26)11-23(24)31-22/h5,7-8,10-12,19,26-28,30H,3,6,9H2,1-2,4H3. The van der Waals surface area contributed by atoms with Crippen LogP contribution < -0.4 is 5.43 Å². The van der Waals surface area contributed by atoms with Gasteiger partial charge in [0, 0.05) is 30.2 Å². The molecule has 2 aromatic carbocycles. The fourth-order valence-corrected chi connectivity index (χ4v) is 3.31. The van der Waals surface area contributed by atoms with Crippen LogP contribution in [0.4, 0.5) is 0 Å². The highest BCUT2D eigenvalue weighted by atomic mass is 16.3. The van der Waals surface area contributed by atoms with Crippen molar-refractivity contribution in [2.75, 3.05) is 0 Å². The Hall–Kier alpha value is -3.51. The third-order valence-corrected chi connectivity index (χ3v) is 5.06. The molecule has 0 saturated heterocycles. The number of aliphatic hydroxyl groups excluding tert-OH is 1. The lowest BCUT2D eigenvalue weighted by molar-refractivity contribution is 0.210. The lowest BCUT2D eigenvalue weighted by atomic mass is 9.95. The molecule has 0 spiro atoms. The number of aromatic hydroxyl groups is 3. The number of benzene rings is 2. The van der Waals surface area contributed by atoms with E-state index in [9.17, 15) is 25.2 Å². The van der Waals surface area contributed by atoms with Crippen molar-refractivity contribution in [2.24, 2.45) is 0 Å². The first kappa shape index (κ1) is 22.2. The number of rotatable bonds is 6. The SMILES string of the molecule is C=C(C)C(O)Cc1cc(-c2cc(=O)c3c(O)cc(O)cc3o2)cc(CC=C(C)C)c1O. The highest BCUT2D eigenvalue weighted by Gasteiger charge is 2.18. The molecule has 3 aromatic rings. The molecular weight excluding hydrogens is 396 g/mol. The quantitative estimate of drug-likeness (QED) is 0.433. The summed E-state index contributed by atoms with van der Waals surface area (Å²) < 4.78 is 5.82. The van der Waals surface area contributed by atoms with Crippen molar-refractivity contribution in [3.05, 3.63) is 75.5 Å². The maximum atomic E-state index is 12.6. The van der Waals surface area contributed by atoms with Gasteiger partial charge < -0.3 is 24.8 Å². The predicted molar refractivity (Wildman–Crippen MR) is 121 cm³/mol. The van der Waals surface area contributed by atoms with Crippen LogP contribution in [0.3, 0.4) is 0 Å². The van der Waals surface area contributed by atoms with Gasteiger partial charge in [-0.05, 0) is 50.5 Å². The molecule has 1 atom stereocenters. The molecule has 0 radical (unpaired) electrons. The van der Waals surface area contributed by atoms with Gasteiger partial charge in [-0.25, -0.2) is 0 Å². The van der Waals surface area contributed by atoms with Gasteiger partial charge >= 0.3 is 0 Å². The first-order valence-corrected chi connectivity index (χ1v) is 9.88. The van der Waals surface area contributed by atoms with Gasteiger partial charge in [-0.3, -0.25) is 4.79 Å². The van der Waals surface area contributed by atoms with Crippen molar-refractivity contribution in [2.45, 2.75) is 39.7 Å². The number of allylic oxidation sites excluding steroid dienone is 2. The lowest BCUT2D eigenvalue weighted by Crippen LogP contribution is -2.12. The molecule has 0 aliphatic heterocycles. The molecule has 0 fully saturated rings. The molecule has 0 bridgehead atoms. The van der Waals surface area contributed by atoms with Crippen molar-refractivity contribution in [1.29, 1.82) is 0 Å². The zero-order valence-electron chi connectivity index (χ0n) is 17.8. The first-order chi connectivity index (χ1) is 14.6. The Bertz CT molecular complexity index is 1250. The van der Waals surface area contributed by atoms with E-state index in [0.717, 1.165) is 11.6 Å². The van der Waals surface area contributed by atoms with Crippen molar-refractivity contribution in [1.82, 2.24) is 0 Å². The molecule has 0 amide bonds. The zero-order chi connectivity index (χ0) is 22.9. The van der Waals surface area contributed by atoms with Gasteiger partial charge in [0.05, 0.1) is 6.10 Å². The summed E-state index contributed by atoms with van der Waals surface area (Å²) in [6.07, 6.45) is 1.73. The molecule has 0 aliphatic carbocycles. The minimum absolute atomic E-state index is 0.0250.